The van der Waals surface area contributed by atoms with Gasteiger partial charge < -0.3 is 0 Å². The number of hydrogen-bond donors (Lipinski definition) is 0. The first kappa shape index (κ1) is 21.1. The number of benzene rings is 1. The van der Waals surface area contributed by atoms with E-state index in [1.807, 2.05) is 18.7 Å². The fourth-order valence-corrected chi connectivity index (χ4v) is 3.38. The van der Waals surface area contributed by atoms with Gasteiger partial charge in [-0.2, -0.15) is 4.40 Å². The third-order valence-electron chi connectivity index (χ3n) is 4.64. The molecule has 1 heterocycles. The summed E-state index contributed by atoms with van der Waals surface area (Å²) in [6.45, 7) is 11.1. The van der Waals surface area contributed by atoms with E-state index in [0.29, 0.717) is 0 Å². The number of halogens is 3. The second-order valence-corrected chi connectivity index (χ2v) is 9.98. The van der Waals surface area contributed by atoms with Crippen molar-refractivity contribution in [3.8, 4) is 0 Å². The molecule has 0 bridgehead atoms. The van der Waals surface area contributed by atoms with Crippen LogP contribution < -0.4 is 0 Å². The van der Waals surface area contributed by atoms with E-state index in [4.69, 9.17) is 0 Å². The summed E-state index contributed by atoms with van der Waals surface area (Å²) >= 11 is 0. The van der Waals surface area contributed by atoms with Crippen molar-refractivity contribution in [2.75, 3.05) is 13.1 Å². The van der Waals surface area contributed by atoms with Crippen LogP contribution in [0, 0.1) is 11.7 Å². The molecule has 0 amide bonds. The molecule has 0 aromatic heterocycles. The molecule has 3 nitrogen and oxygen atoms in total. The highest BCUT2D eigenvalue weighted by Crippen LogP contribution is 2.43. The van der Waals surface area contributed by atoms with Gasteiger partial charge in [-0.05, 0) is 41.5 Å². The minimum absolute atomic E-state index is 0.0279. The molecule has 1 aromatic carbocycles. The molecule has 26 heavy (non-hydrogen) atoms. The quantitative estimate of drug-likeness (QED) is 0.695. The Morgan fingerprint density at radius 2 is 1.85 bits per heavy atom. The molecule has 1 fully saturated rings. The molecule has 0 aliphatic carbocycles. The highest BCUT2D eigenvalue weighted by molar-refractivity contribution is 7.85. The van der Waals surface area contributed by atoms with Crippen molar-refractivity contribution in [3.63, 3.8) is 0 Å². The van der Waals surface area contributed by atoms with E-state index in [0.717, 1.165) is 6.07 Å². The Morgan fingerprint density at radius 1 is 1.27 bits per heavy atom. The fourth-order valence-electron chi connectivity index (χ4n) is 2.76. The summed E-state index contributed by atoms with van der Waals surface area (Å²) in [6, 6.07) is 4.12. The van der Waals surface area contributed by atoms with Crippen LogP contribution in [-0.2, 0) is 16.9 Å². The molecule has 1 unspecified atom stereocenters. The Bertz CT molecular complexity index is 720. The molecule has 7 heteroatoms. The van der Waals surface area contributed by atoms with Gasteiger partial charge in [-0.1, -0.05) is 18.2 Å². The zero-order chi connectivity index (χ0) is 19.9. The predicted molar refractivity (Wildman–Crippen MR) is 101 cm³/mol. The minimum atomic E-state index is -3.26. The Labute approximate surface area is 156 Å². The van der Waals surface area contributed by atoms with E-state index in [1.54, 1.807) is 20.8 Å². The van der Waals surface area contributed by atoms with Crippen LogP contribution in [0.15, 0.2) is 22.6 Å². The van der Waals surface area contributed by atoms with Crippen molar-refractivity contribution in [2.45, 2.75) is 58.3 Å². The van der Waals surface area contributed by atoms with E-state index in [9.17, 15) is 17.4 Å². The van der Waals surface area contributed by atoms with Crippen LogP contribution in [0.2, 0.25) is 0 Å². The Balaban J connectivity index is 2.32. The summed E-state index contributed by atoms with van der Waals surface area (Å²) in [6.07, 6.45) is 0. The Hall–Kier alpha value is -1.21. The largest absolute Gasteiger partial charge is 0.300 e. The summed E-state index contributed by atoms with van der Waals surface area (Å²) in [7, 11) is -1.59. The average molecular weight is 388 g/mol. The second kappa shape index (κ2) is 7.43. The van der Waals surface area contributed by atoms with Gasteiger partial charge in [-0.15, -0.1) is 0 Å². The van der Waals surface area contributed by atoms with Crippen LogP contribution in [0.5, 0.6) is 0 Å². The first-order chi connectivity index (χ1) is 11.9. The van der Waals surface area contributed by atoms with Gasteiger partial charge in [0.15, 0.2) is 0 Å². The highest BCUT2D eigenvalue weighted by Gasteiger charge is 2.49. The highest BCUT2D eigenvalue weighted by atomic mass is 32.2. The maximum atomic E-state index is 14.9. The summed E-state index contributed by atoms with van der Waals surface area (Å²) in [5, 5.41) is 0. The molecule has 2 rings (SSSR count). The summed E-state index contributed by atoms with van der Waals surface area (Å²) in [4.78, 5) is 1.93. The molecule has 0 radical (unpaired) electrons. The standard InChI is InChI=1S/C19H27F3N2OS/c1-12(2)24-10-14(11-24)19(21,22)16-9-7-8-15(17(16)20)13(3)23-26(25)18(4,5)6/h7-9,12,14H,10-11H2,1-6H3/b23-13-. The first-order valence-corrected chi connectivity index (χ1v) is 9.85. The van der Waals surface area contributed by atoms with Crippen molar-refractivity contribution in [1.82, 2.24) is 4.90 Å². The Kier molecular flexibility index (Phi) is 6.03. The molecule has 0 N–H and O–H groups in total. The molecule has 1 saturated heterocycles. The maximum absolute atomic E-state index is 14.9. The van der Waals surface area contributed by atoms with Crippen molar-refractivity contribution in [1.29, 1.82) is 0 Å². The SMILES string of the molecule is C/C(=N/S(=O)C(C)(C)C)c1cccc(C(F)(F)C2CN(C(C)C)C2)c1F. The molecule has 1 aromatic rings. The number of hydrogen-bond acceptors (Lipinski definition) is 2. The lowest BCUT2D eigenvalue weighted by molar-refractivity contribution is -0.132. The van der Waals surface area contributed by atoms with E-state index < -0.39 is 39.0 Å². The maximum Gasteiger partial charge on any atom is 0.281 e. The van der Waals surface area contributed by atoms with Gasteiger partial charge in [0.25, 0.3) is 5.92 Å². The molecule has 0 spiro atoms. The summed E-state index contributed by atoms with van der Waals surface area (Å²) < 4.78 is 60.1. The lowest BCUT2D eigenvalue weighted by Crippen LogP contribution is -2.56. The van der Waals surface area contributed by atoms with Crippen LogP contribution in [0.3, 0.4) is 0 Å². The van der Waals surface area contributed by atoms with E-state index in [1.165, 1.54) is 19.1 Å². The number of nitrogens with zero attached hydrogens (tertiary/aromatic N) is 2. The first-order valence-electron chi connectivity index (χ1n) is 8.74. The fraction of sp³-hybridized carbons (Fsp3) is 0.632. The molecule has 1 aliphatic rings. The van der Waals surface area contributed by atoms with Crippen molar-refractivity contribution < 1.29 is 17.4 Å². The lowest BCUT2D eigenvalue weighted by atomic mass is 9.86. The zero-order valence-electron chi connectivity index (χ0n) is 16.1. The number of rotatable bonds is 5. The third-order valence-corrected chi connectivity index (χ3v) is 6.13. The van der Waals surface area contributed by atoms with Gasteiger partial charge in [0.05, 0.1) is 21.9 Å². The van der Waals surface area contributed by atoms with E-state index in [2.05, 4.69) is 4.40 Å². The molecular weight excluding hydrogens is 361 g/mol. The number of likely N-dealkylation sites (tertiary alicyclic amines) is 1. The monoisotopic (exact) mass is 388 g/mol. The minimum Gasteiger partial charge on any atom is -0.300 e. The van der Waals surface area contributed by atoms with Gasteiger partial charge in [0.1, 0.15) is 16.8 Å². The van der Waals surface area contributed by atoms with Gasteiger partial charge in [-0.25, -0.2) is 17.4 Å². The van der Waals surface area contributed by atoms with Crippen LogP contribution >= 0.6 is 0 Å². The predicted octanol–water partition coefficient (Wildman–Crippen LogP) is 4.53. The van der Waals surface area contributed by atoms with Crippen molar-refractivity contribution in [3.05, 3.63) is 35.1 Å². The molecule has 1 atom stereocenters. The van der Waals surface area contributed by atoms with Crippen LogP contribution in [0.1, 0.15) is 52.7 Å². The summed E-state index contributed by atoms with van der Waals surface area (Å²) in [5.74, 6) is -5.14. The van der Waals surface area contributed by atoms with Crippen molar-refractivity contribution >= 4 is 16.7 Å². The normalized spacial score (nSPS) is 18.9. The Morgan fingerprint density at radius 3 is 2.35 bits per heavy atom. The van der Waals surface area contributed by atoms with E-state index in [-0.39, 0.29) is 30.4 Å². The van der Waals surface area contributed by atoms with Gasteiger partial charge >= 0.3 is 0 Å². The topological polar surface area (TPSA) is 32.7 Å². The molecule has 0 saturated carbocycles. The van der Waals surface area contributed by atoms with Crippen molar-refractivity contribution in [2.24, 2.45) is 10.3 Å². The molecule has 146 valence electrons. The third kappa shape index (κ3) is 4.19. The van der Waals surface area contributed by atoms with Gasteiger partial charge in [0, 0.05) is 24.7 Å². The van der Waals surface area contributed by atoms with Crippen LogP contribution in [0.25, 0.3) is 0 Å². The molecular formula is C19H27F3N2OS. The number of alkyl halides is 2. The van der Waals surface area contributed by atoms with E-state index >= 15 is 0 Å². The summed E-state index contributed by atoms with van der Waals surface area (Å²) in [5.41, 5.74) is -0.481. The second-order valence-electron chi connectivity index (χ2n) is 8.07. The lowest BCUT2D eigenvalue weighted by Gasteiger charge is -2.45. The molecule has 1 aliphatic heterocycles. The zero-order valence-corrected chi connectivity index (χ0v) is 17.0. The van der Waals surface area contributed by atoms with Gasteiger partial charge in [-0.3, -0.25) is 4.90 Å². The average Bonchev–Trinajstić information content (AvgIpc) is 2.43. The van der Waals surface area contributed by atoms with Gasteiger partial charge in [0.2, 0.25) is 0 Å². The van der Waals surface area contributed by atoms with Crippen LogP contribution in [-0.4, -0.2) is 38.7 Å². The smallest absolute Gasteiger partial charge is 0.281 e. The van der Waals surface area contributed by atoms with Crippen LogP contribution in [0.4, 0.5) is 13.2 Å².